The summed E-state index contributed by atoms with van der Waals surface area (Å²) >= 11 is 0. The molecule has 2 atom stereocenters. The molecule has 4 rings (SSSR count). The van der Waals surface area contributed by atoms with Crippen LogP contribution in [0.3, 0.4) is 0 Å². The molecule has 0 aromatic heterocycles. The van der Waals surface area contributed by atoms with Crippen LogP contribution < -0.4 is 10.6 Å². The van der Waals surface area contributed by atoms with Crippen LogP contribution in [0.2, 0.25) is 0 Å². The van der Waals surface area contributed by atoms with Crippen molar-refractivity contribution in [2.45, 2.75) is 82.8 Å². The van der Waals surface area contributed by atoms with E-state index in [0.29, 0.717) is 30.6 Å². The molecule has 174 valence electrons. The minimum absolute atomic E-state index is 0. The SMILES string of the molecule is CC/C(=C\c1ccccc1)C1CC1NC1CCC(NCC2(C(=O)O)CCC2)CC1.Cl.Cl. The molecular weight excluding hydrogens is 431 g/mol. The molecule has 0 amide bonds. The first-order valence-corrected chi connectivity index (χ1v) is 11.6. The van der Waals surface area contributed by atoms with E-state index < -0.39 is 11.4 Å². The second-order valence-electron chi connectivity index (χ2n) is 9.47. The van der Waals surface area contributed by atoms with E-state index in [2.05, 4.69) is 54.0 Å². The normalized spacial score (nSPS) is 29.1. The minimum atomic E-state index is -0.610. The molecule has 0 aliphatic heterocycles. The third-order valence-electron chi connectivity index (χ3n) is 7.50. The van der Waals surface area contributed by atoms with E-state index in [4.69, 9.17) is 0 Å². The molecule has 31 heavy (non-hydrogen) atoms. The zero-order valence-electron chi connectivity index (χ0n) is 18.5. The molecule has 3 fully saturated rings. The minimum Gasteiger partial charge on any atom is -0.481 e. The Hall–Kier alpha value is -1.07. The van der Waals surface area contributed by atoms with Gasteiger partial charge >= 0.3 is 5.97 Å². The first-order chi connectivity index (χ1) is 14.1. The summed E-state index contributed by atoms with van der Waals surface area (Å²) in [5.74, 6) is 0.0896. The third kappa shape index (κ3) is 6.47. The predicted molar refractivity (Wildman–Crippen MR) is 132 cm³/mol. The Morgan fingerprint density at radius 3 is 2.29 bits per heavy atom. The second-order valence-corrected chi connectivity index (χ2v) is 9.47. The molecule has 3 N–H and O–H groups in total. The maximum atomic E-state index is 11.5. The predicted octanol–water partition coefficient (Wildman–Crippen LogP) is 5.46. The van der Waals surface area contributed by atoms with Gasteiger partial charge in [-0.25, -0.2) is 0 Å². The molecule has 1 aromatic rings. The Morgan fingerprint density at radius 1 is 1.10 bits per heavy atom. The van der Waals surface area contributed by atoms with E-state index in [1.165, 1.54) is 24.8 Å². The van der Waals surface area contributed by atoms with Gasteiger partial charge in [-0.05, 0) is 62.8 Å². The number of carboxylic acid groups (broad SMARTS) is 1. The summed E-state index contributed by atoms with van der Waals surface area (Å²) in [7, 11) is 0. The highest BCUT2D eigenvalue weighted by atomic mass is 35.5. The van der Waals surface area contributed by atoms with Crippen molar-refractivity contribution in [2.24, 2.45) is 11.3 Å². The number of aliphatic carboxylic acids is 1. The van der Waals surface area contributed by atoms with E-state index in [1.54, 1.807) is 5.57 Å². The van der Waals surface area contributed by atoms with Gasteiger partial charge in [0.25, 0.3) is 0 Å². The van der Waals surface area contributed by atoms with E-state index in [0.717, 1.165) is 38.5 Å². The number of benzene rings is 1. The molecule has 1 aromatic carbocycles. The smallest absolute Gasteiger partial charge is 0.310 e. The van der Waals surface area contributed by atoms with Crippen LogP contribution >= 0.6 is 24.8 Å². The summed E-state index contributed by atoms with van der Waals surface area (Å²) in [4.78, 5) is 11.5. The number of nitrogens with one attached hydrogen (secondary N) is 2. The molecule has 3 aliphatic carbocycles. The van der Waals surface area contributed by atoms with E-state index in [-0.39, 0.29) is 24.8 Å². The Balaban J connectivity index is 0.00000171. The summed E-state index contributed by atoms with van der Waals surface area (Å²) in [6.45, 7) is 2.92. The van der Waals surface area contributed by atoms with Crippen molar-refractivity contribution in [1.29, 1.82) is 0 Å². The number of carbonyl (C=O) groups is 1. The highest BCUT2D eigenvalue weighted by Crippen LogP contribution is 2.42. The Kier molecular flexibility index (Phi) is 9.88. The third-order valence-corrected chi connectivity index (χ3v) is 7.50. The molecule has 0 radical (unpaired) electrons. The van der Waals surface area contributed by atoms with Crippen molar-refractivity contribution in [3.8, 4) is 0 Å². The summed E-state index contributed by atoms with van der Waals surface area (Å²) in [5.41, 5.74) is 2.41. The molecule has 6 heteroatoms. The fraction of sp³-hybridized carbons (Fsp3) is 0.640. The topological polar surface area (TPSA) is 61.4 Å². The summed E-state index contributed by atoms with van der Waals surface area (Å²) < 4.78 is 0. The van der Waals surface area contributed by atoms with Crippen LogP contribution in [-0.4, -0.2) is 35.7 Å². The molecule has 3 aliphatic rings. The number of hydrogen-bond donors (Lipinski definition) is 3. The van der Waals surface area contributed by atoms with Crippen LogP contribution in [0, 0.1) is 11.3 Å². The van der Waals surface area contributed by atoms with Crippen molar-refractivity contribution in [2.75, 3.05) is 6.54 Å². The van der Waals surface area contributed by atoms with Gasteiger partial charge < -0.3 is 15.7 Å². The van der Waals surface area contributed by atoms with E-state index >= 15 is 0 Å². The molecular formula is C25H38Cl2N2O2. The van der Waals surface area contributed by atoms with Crippen LogP contribution in [0.1, 0.15) is 70.3 Å². The second kappa shape index (κ2) is 11.7. The molecule has 4 nitrogen and oxygen atoms in total. The maximum absolute atomic E-state index is 11.5. The average molecular weight is 469 g/mol. The molecule has 0 heterocycles. The van der Waals surface area contributed by atoms with Gasteiger partial charge in [0, 0.05) is 24.7 Å². The summed E-state index contributed by atoms with van der Waals surface area (Å²) in [5, 5.41) is 17.0. The van der Waals surface area contributed by atoms with Crippen molar-refractivity contribution in [3.63, 3.8) is 0 Å². The first-order valence-electron chi connectivity index (χ1n) is 11.6. The summed E-state index contributed by atoms with van der Waals surface area (Å²) in [6, 6.07) is 12.4. The molecule has 0 bridgehead atoms. The standard InChI is InChI=1S/C25H36N2O2.2ClH/c1-2-19(15-18-7-4-3-5-8-18)22-16-23(22)27-21-11-9-20(10-12-21)26-17-25(24(28)29)13-6-14-25;;/h3-5,7-8,15,20-23,26-27H,2,6,9-14,16-17H2,1H3,(H,28,29);2*1H/b19-15+;;. The lowest BCUT2D eigenvalue weighted by Crippen LogP contribution is -2.50. The Bertz CT molecular complexity index is 728. The lowest BCUT2D eigenvalue weighted by atomic mass is 9.68. The first kappa shape index (κ1) is 26.2. The van der Waals surface area contributed by atoms with Gasteiger partial charge in [-0.1, -0.05) is 55.3 Å². The van der Waals surface area contributed by atoms with Crippen molar-refractivity contribution in [1.82, 2.24) is 10.6 Å². The highest BCUT2D eigenvalue weighted by molar-refractivity contribution is 5.85. The number of hydrogen-bond acceptors (Lipinski definition) is 3. The average Bonchev–Trinajstić information content (AvgIpc) is 3.46. The zero-order valence-corrected chi connectivity index (χ0v) is 20.1. The Morgan fingerprint density at radius 2 is 1.74 bits per heavy atom. The van der Waals surface area contributed by atoms with Crippen LogP contribution in [0.4, 0.5) is 0 Å². The van der Waals surface area contributed by atoms with Gasteiger partial charge in [-0.15, -0.1) is 24.8 Å². The number of rotatable bonds is 9. The fourth-order valence-electron chi connectivity index (χ4n) is 5.20. The summed E-state index contributed by atoms with van der Waals surface area (Å²) in [6.07, 6.45) is 12.2. The molecule has 0 spiro atoms. The van der Waals surface area contributed by atoms with Crippen molar-refractivity contribution in [3.05, 3.63) is 41.5 Å². The monoisotopic (exact) mass is 468 g/mol. The number of carboxylic acids is 1. The zero-order chi connectivity index (χ0) is 20.3. The fourth-order valence-corrected chi connectivity index (χ4v) is 5.20. The van der Waals surface area contributed by atoms with Crippen molar-refractivity contribution >= 4 is 36.9 Å². The van der Waals surface area contributed by atoms with Crippen LogP contribution in [0.5, 0.6) is 0 Å². The van der Waals surface area contributed by atoms with Crippen molar-refractivity contribution < 1.29 is 9.90 Å². The van der Waals surface area contributed by atoms with Gasteiger partial charge in [-0.3, -0.25) is 4.79 Å². The quantitative estimate of drug-likeness (QED) is 0.450. The van der Waals surface area contributed by atoms with Gasteiger partial charge in [-0.2, -0.15) is 0 Å². The highest BCUT2D eigenvalue weighted by Gasteiger charge is 2.44. The van der Waals surface area contributed by atoms with Crippen LogP contribution in [-0.2, 0) is 4.79 Å². The molecule has 3 saturated carbocycles. The van der Waals surface area contributed by atoms with Crippen LogP contribution in [0.25, 0.3) is 6.08 Å². The van der Waals surface area contributed by atoms with E-state index in [1.807, 2.05) is 0 Å². The molecule has 2 unspecified atom stereocenters. The van der Waals surface area contributed by atoms with Gasteiger partial charge in [0.15, 0.2) is 0 Å². The molecule has 0 saturated heterocycles. The van der Waals surface area contributed by atoms with Gasteiger partial charge in [0.05, 0.1) is 5.41 Å². The van der Waals surface area contributed by atoms with Crippen LogP contribution in [0.15, 0.2) is 35.9 Å². The largest absolute Gasteiger partial charge is 0.481 e. The maximum Gasteiger partial charge on any atom is 0.310 e. The number of halogens is 2. The van der Waals surface area contributed by atoms with Gasteiger partial charge in [0.2, 0.25) is 0 Å². The lowest BCUT2D eigenvalue weighted by molar-refractivity contribution is -0.154. The van der Waals surface area contributed by atoms with Gasteiger partial charge in [0.1, 0.15) is 0 Å². The van der Waals surface area contributed by atoms with E-state index in [9.17, 15) is 9.90 Å². The Labute approximate surface area is 199 Å². The lowest BCUT2D eigenvalue weighted by Gasteiger charge is -2.40.